The maximum Gasteiger partial charge on any atom is 0.593 e. The Hall–Kier alpha value is -0.450. The fourth-order valence-electron chi connectivity index (χ4n) is 6.32. The lowest BCUT2D eigenvalue weighted by Gasteiger charge is -2.70. The molecule has 1 aliphatic heterocycles. The zero-order valence-electron chi connectivity index (χ0n) is 16.3. The first kappa shape index (κ1) is 21.4. The second-order valence-electron chi connectivity index (χ2n) is 8.69. The zero-order valence-corrected chi connectivity index (χ0v) is 18.8. The SMILES string of the molecule is COC1(c2ccc(Cl)c(OP(=O)(ON)O[NH3+])c2)OOC12C1CC3CC2CC(Cl)(C3)C1. The maximum absolute atomic E-state index is 12.3. The Kier molecular flexibility index (Phi) is 5.01. The molecule has 0 aromatic heterocycles. The molecule has 30 heavy (non-hydrogen) atoms. The van der Waals surface area contributed by atoms with Gasteiger partial charge in [0.25, 0.3) is 5.79 Å². The predicted molar refractivity (Wildman–Crippen MR) is 105 cm³/mol. The van der Waals surface area contributed by atoms with Gasteiger partial charge in [-0.25, -0.2) is 15.3 Å². The van der Waals surface area contributed by atoms with E-state index in [-0.39, 0.29) is 27.5 Å². The molecule has 4 atom stereocenters. The minimum Gasteiger partial charge on any atom is -0.399 e. The molecule has 1 spiro atoms. The molecule has 4 bridgehead atoms. The number of phosphoric acid groups is 1. The van der Waals surface area contributed by atoms with Crippen LogP contribution < -0.4 is 16.3 Å². The van der Waals surface area contributed by atoms with Gasteiger partial charge in [0, 0.05) is 17.5 Å². The van der Waals surface area contributed by atoms with Crippen LogP contribution in [-0.2, 0) is 34.1 Å². The van der Waals surface area contributed by atoms with Crippen LogP contribution in [0.3, 0.4) is 0 Å². The Morgan fingerprint density at radius 1 is 1.23 bits per heavy atom. The highest BCUT2D eigenvalue weighted by Crippen LogP contribution is 2.71. The summed E-state index contributed by atoms with van der Waals surface area (Å²) in [4.78, 5) is 11.5. The van der Waals surface area contributed by atoms with E-state index in [9.17, 15) is 4.57 Å². The van der Waals surface area contributed by atoms with Gasteiger partial charge in [0.15, 0.2) is 11.4 Å². The van der Waals surface area contributed by atoms with Crippen LogP contribution >= 0.6 is 31.0 Å². The summed E-state index contributed by atoms with van der Waals surface area (Å²) in [6.45, 7) is 0. The van der Waals surface area contributed by atoms with E-state index in [1.807, 2.05) is 0 Å². The van der Waals surface area contributed by atoms with Gasteiger partial charge in [-0.2, -0.15) is 15.4 Å². The van der Waals surface area contributed by atoms with Crippen molar-refractivity contribution < 1.29 is 38.7 Å². The van der Waals surface area contributed by atoms with E-state index >= 15 is 0 Å². The lowest BCUT2D eigenvalue weighted by molar-refractivity contribution is -0.645. The number of hydrogen-bond donors (Lipinski definition) is 2. The predicted octanol–water partition coefficient (Wildman–Crippen LogP) is 3.21. The second kappa shape index (κ2) is 7.02. The van der Waals surface area contributed by atoms with Gasteiger partial charge in [-0.05, 0) is 62.0 Å². The highest BCUT2D eigenvalue weighted by Gasteiger charge is 2.78. The van der Waals surface area contributed by atoms with Crippen molar-refractivity contribution in [3.8, 4) is 5.75 Å². The molecular formula is C18H24Cl2N2O7P+. The minimum absolute atomic E-state index is 0.0336. The summed E-state index contributed by atoms with van der Waals surface area (Å²) < 4.78 is 32.4. The summed E-state index contributed by atoms with van der Waals surface area (Å²) in [5, 5.41) is 0.179. The summed E-state index contributed by atoms with van der Waals surface area (Å²) >= 11 is 13.2. The van der Waals surface area contributed by atoms with E-state index in [1.54, 1.807) is 25.3 Å². The Morgan fingerprint density at radius 2 is 1.93 bits per heavy atom. The van der Waals surface area contributed by atoms with Crippen LogP contribution in [0.25, 0.3) is 0 Å². The van der Waals surface area contributed by atoms with E-state index in [1.165, 1.54) is 0 Å². The molecule has 0 radical (unpaired) electrons. The second-order valence-corrected chi connectivity index (χ2v) is 11.4. The van der Waals surface area contributed by atoms with Crippen molar-refractivity contribution in [1.29, 1.82) is 0 Å². The average molecular weight is 482 g/mol. The number of methoxy groups -OCH3 is 1. The van der Waals surface area contributed by atoms with Crippen LogP contribution in [0.5, 0.6) is 5.75 Å². The van der Waals surface area contributed by atoms with Gasteiger partial charge in [-0.1, -0.05) is 22.3 Å². The standard InChI is InChI=1S/C18H24Cl2N2O7P/c1-24-18(11-2-3-14(19)15(6-11)25-30(23,28-21)29-22)17(26-27-18)12-4-10-5-13(17)9-16(20,7-10)8-12/h2-3,6,10,12-13H,4-5,7-9,21H2,1,22H3/q+1. The number of halogens is 2. The molecule has 4 unspecified atom stereocenters. The Labute approximate surface area is 183 Å². The normalized spacial score (nSPS) is 43.4. The third-order valence-corrected chi connectivity index (χ3v) is 9.00. The van der Waals surface area contributed by atoms with Crippen LogP contribution in [0.1, 0.15) is 37.7 Å². The molecular weight excluding hydrogens is 458 g/mol. The van der Waals surface area contributed by atoms with Crippen molar-refractivity contribution in [2.45, 2.75) is 48.4 Å². The number of ether oxygens (including phenoxy) is 1. The smallest absolute Gasteiger partial charge is 0.399 e. The van der Waals surface area contributed by atoms with Gasteiger partial charge >= 0.3 is 7.82 Å². The quantitative estimate of drug-likeness (QED) is 0.274. The van der Waals surface area contributed by atoms with E-state index in [2.05, 4.69) is 15.1 Å². The number of rotatable bonds is 6. The number of hydrogen-bond acceptors (Lipinski definition) is 8. The Bertz CT molecular complexity index is 893. The van der Waals surface area contributed by atoms with E-state index in [0.717, 1.165) is 32.1 Å². The first-order valence-electron chi connectivity index (χ1n) is 9.76. The van der Waals surface area contributed by atoms with Crippen molar-refractivity contribution in [2.24, 2.45) is 23.7 Å². The van der Waals surface area contributed by atoms with E-state index in [0.29, 0.717) is 11.5 Å². The van der Waals surface area contributed by atoms with Crippen LogP contribution in [-0.4, -0.2) is 17.6 Å². The van der Waals surface area contributed by atoms with Crippen molar-refractivity contribution in [1.82, 2.24) is 0 Å². The van der Waals surface area contributed by atoms with Crippen LogP contribution in [0, 0.1) is 17.8 Å². The highest BCUT2D eigenvalue weighted by atomic mass is 35.5. The van der Waals surface area contributed by atoms with Gasteiger partial charge in [0.05, 0.1) is 5.02 Å². The highest BCUT2D eigenvalue weighted by molar-refractivity contribution is 7.48. The summed E-state index contributed by atoms with van der Waals surface area (Å²) in [7, 11) is -2.54. The number of benzene rings is 1. The molecule has 4 aliphatic carbocycles. The van der Waals surface area contributed by atoms with Gasteiger partial charge in [0.2, 0.25) is 0 Å². The largest absolute Gasteiger partial charge is 0.593 e. The summed E-state index contributed by atoms with van der Waals surface area (Å²) in [5.41, 5.74) is -0.0571. The van der Waals surface area contributed by atoms with Gasteiger partial charge in [-0.3, -0.25) is 0 Å². The lowest BCUT2D eigenvalue weighted by atomic mass is 9.46. The lowest BCUT2D eigenvalue weighted by Crippen LogP contribution is -2.78. The molecule has 5 fully saturated rings. The summed E-state index contributed by atoms with van der Waals surface area (Å²) in [6, 6.07) is 4.93. The molecule has 166 valence electrons. The van der Waals surface area contributed by atoms with Crippen molar-refractivity contribution in [2.75, 3.05) is 7.11 Å². The Morgan fingerprint density at radius 3 is 2.43 bits per heavy atom. The maximum atomic E-state index is 12.3. The van der Waals surface area contributed by atoms with Crippen LogP contribution in [0.15, 0.2) is 18.2 Å². The van der Waals surface area contributed by atoms with Gasteiger partial charge in [0.1, 0.15) is 0 Å². The summed E-state index contributed by atoms with van der Waals surface area (Å²) in [5.74, 6) is 7.94. The molecule has 1 heterocycles. The third-order valence-electron chi connectivity index (χ3n) is 7.24. The molecule has 9 nitrogen and oxygen atoms in total. The molecule has 5 N–H and O–H groups in total. The van der Waals surface area contributed by atoms with Crippen molar-refractivity contribution >= 4 is 31.0 Å². The zero-order chi connectivity index (χ0) is 21.4. The molecule has 1 aromatic rings. The van der Waals surface area contributed by atoms with E-state index < -0.39 is 19.2 Å². The van der Waals surface area contributed by atoms with Gasteiger partial charge < -0.3 is 9.26 Å². The average Bonchev–Trinajstić information content (AvgIpc) is 2.69. The van der Waals surface area contributed by atoms with E-state index in [4.69, 9.17) is 48.1 Å². The third kappa shape index (κ3) is 2.78. The fourth-order valence-corrected chi connectivity index (χ4v) is 7.67. The van der Waals surface area contributed by atoms with Crippen LogP contribution in [0.2, 0.25) is 5.02 Å². The van der Waals surface area contributed by atoms with Crippen molar-refractivity contribution in [3.63, 3.8) is 0 Å². The molecule has 6 rings (SSSR count). The molecule has 0 amide bonds. The van der Waals surface area contributed by atoms with Gasteiger partial charge in [-0.15, -0.1) is 11.6 Å². The Balaban J connectivity index is 1.55. The number of alkyl halides is 1. The summed E-state index contributed by atoms with van der Waals surface area (Å²) in [6.07, 6.45) is 4.78. The first-order chi connectivity index (χ1) is 14.2. The van der Waals surface area contributed by atoms with Crippen molar-refractivity contribution in [3.05, 3.63) is 28.8 Å². The first-order valence-corrected chi connectivity index (χ1v) is 12.0. The number of quaternary nitrogens is 1. The van der Waals surface area contributed by atoms with Crippen LogP contribution in [0.4, 0.5) is 0 Å². The monoisotopic (exact) mass is 481 g/mol. The minimum atomic E-state index is -4.12. The molecule has 5 aliphatic rings. The molecule has 4 saturated carbocycles. The number of nitrogens with two attached hydrogens (primary N) is 1. The molecule has 1 saturated heterocycles. The fraction of sp³-hybridized carbons (Fsp3) is 0.667. The topological polar surface area (TPSA) is 126 Å². The molecule has 12 heteroatoms. The molecule has 1 aromatic carbocycles.